The molecule has 0 aliphatic carbocycles. The van der Waals surface area contributed by atoms with E-state index in [1.54, 1.807) is 13.0 Å². The van der Waals surface area contributed by atoms with Crippen molar-refractivity contribution in [2.24, 2.45) is 0 Å². The van der Waals surface area contributed by atoms with Crippen LogP contribution in [-0.2, 0) is 10.0 Å². The van der Waals surface area contributed by atoms with E-state index in [-0.39, 0.29) is 22.9 Å². The third-order valence-corrected chi connectivity index (χ3v) is 4.03. The molecule has 0 spiro atoms. The highest BCUT2D eigenvalue weighted by Crippen LogP contribution is 2.28. The SMILES string of the molecule is CCC(C#N)S(=O)(=O)Nc1ccc(Cl)cc1O. The first-order chi connectivity index (χ1) is 7.90. The fourth-order valence-corrected chi connectivity index (χ4v) is 2.56. The molecule has 1 aromatic rings. The second-order valence-corrected chi connectivity index (χ2v) is 5.63. The summed E-state index contributed by atoms with van der Waals surface area (Å²) >= 11 is 5.62. The second-order valence-electron chi connectivity index (χ2n) is 3.33. The number of phenols is 1. The number of nitrogens with one attached hydrogen (secondary N) is 1. The van der Waals surface area contributed by atoms with Gasteiger partial charge in [0, 0.05) is 11.1 Å². The quantitative estimate of drug-likeness (QED) is 0.823. The minimum atomic E-state index is -3.83. The molecule has 5 nitrogen and oxygen atoms in total. The number of rotatable bonds is 4. The van der Waals surface area contributed by atoms with Crippen LogP contribution in [0.3, 0.4) is 0 Å². The fraction of sp³-hybridized carbons (Fsp3) is 0.300. The van der Waals surface area contributed by atoms with Gasteiger partial charge in [-0.25, -0.2) is 8.42 Å². The molecule has 0 bridgehead atoms. The number of aromatic hydroxyl groups is 1. The number of hydrogen-bond acceptors (Lipinski definition) is 4. The van der Waals surface area contributed by atoms with Crippen molar-refractivity contribution < 1.29 is 13.5 Å². The van der Waals surface area contributed by atoms with Crippen molar-refractivity contribution in [1.82, 2.24) is 0 Å². The summed E-state index contributed by atoms with van der Waals surface area (Å²) in [5.74, 6) is -0.283. The van der Waals surface area contributed by atoms with Crippen molar-refractivity contribution in [1.29, 1.82) is 5.26 Å². The average Bonchev–Trinajstić information content (AvgIpc) is 2.23. The zero-order chi connectivity index (χ0) is 13.1. The molecule has 0 aliphatic rings. The molecule has 92 valence electrons. The molecule has 1 unspecified atom stereocenters. The molecule has 0 heterocycles. The first-order valence-electron chi connectivity index (χ1n) is 4.80. The van der Waals surface area contributed by atoms with Crippen LogP contribution >= 0.6 is 11.6 Å². The van der Waals surface area contributed by atoms with Crippen molar-refractivity contribution in [3.63, 3.8) is 0 Å². The summed E-state index contributed by atoms with van der Waals surface area (Å²) < 4.78 is 25.6. The zero-order valence-electron chi connectivity index (χ0n) is 9.01. The molecule has 2 N–H and O–H groups in total. The summed E-state index contributed by atoms with van der Waals surface area (Å²) in [4.78, 5) is 0. The van der Waals surface area contributed by atoms with Gasteiger partial charge in [0.2, 0.25) is 10.0 Å². The maximum absolute atomic E-state index is 11.7. The maximum Gasteiger partial charge on any atom is 0.249 e. The van der Waals surface area contributed by atoms with Gasteiger partial charge in [-0.05, 0) is 18.6 Å². The van der Waals surface area contributed by atoms with E-state index in [2.05, 4.69) is 4.72 Å². The molecule has 0 amide bonds. The molecule has 1 aromatic carbocycles. The highest BCUT2D eigenvalue weighted by Gasteiger charge is 2.24. The van der Waals surface area contributed by atoms with Crippen LogP contribution in [0.1, 0.15) is 13.3 Å². The van der Waals surface area contributed by atoms with E-state index in [9.17, 15) is 13.5 Å². The smallest absolute Gasteiger partial charge is 0.249 e. The van der Waals surface area contributed by atoms with Gasteiger partial charge in [0.15, 0.2) is 5.25 Å². The zero-order valence-corrected chi connectivity index (χ0v) is 10.6. The third-order valence-electron chi connectivity index (χ3n) is 2.10. The van der Waals surface area contributed by atoms with E-state index in [1.165, 1.54) is 18.2 Å². The van der Waals surface area contributed by atoms with Crippen LogP contribution in [0.5, 0.6) is 5.75 Å². The summed E-state index contributed by atoms with van der Waals surface area (Å²) in [7, 11) is -3.83. The standard InChI is InChI=1S/C10H11ClN2O3S/c1-2-8(6-12)17(15,16)13-9-4-3-7(11)5-10(9)14/h3-5,8,13-14H,2H2,1H3. The van der Waals surface area contributed by atoms with Gasteiger partial charge in [0.1, 0.15) is 5.75 Å². The fourth-order valence-electron chi connectivity index (χ4n) is 1.20. The molecule has 1 rings (SSSR count). The summed E-state index contributed by atoms with van der Waals surface area (Å²) in [6, 6.07) is 5.67. The third kappa shape index (κ3) is 3.25. The topological polar surface area (TPSA) is 90.2 Å². The predicted molar refractivity (Wildman–Crippen MR) is 65.4 cm³/mol. The van der Waals surface area contributed by atoms with Crippen molar-refractivity contribution in [2.75, 3.05) is 4.72 Å². The van der Waals surface area contributed by atoms with Crippen LogP contribution in [0.15, 0.2) is 18.2 Å². The van der Waals surface area contributed by atoms with Crippen molar-refractivity contribution in [2.45, 2.75) is 18.6 Å². The highest BCUT2D eigenvalue weighted by molar-refractivity contribution is 7.93. The number of halogens is 1. The summed E-state index contributed by atoms with van der Waals surface area (Å²) in [5, 5.41) is 17.3. The van der Waals surface area contributed by atoms with E-state index in [4.69, 9.17) is 16.9 Å². The van der Waals surface area contributed by atoms with Gasteiger partial charge in [0.05, 0.1) is 11.8 Å². The lowest BCUT2D eigenvalue weighted by atomic mass is 10.3. The summed E-state index contributed by atoms with van der Waals surface area (Å²) in [6.45, 7) is 1.59. The summed E-state index contributed by atoms with van der Waals surface area (Å²) in [5.41, 5.74) is 0.00287. The molecule has 0 saturated heterocycles. The van der Waals surface area contributed by atoms with Crippen LogP contribution in [0.25, 0.3) is 0 Å². The molecule has 1 atom stereocenters. The number of sulfonamides is 1. The lowest BCUT2D eigenvalue weighted by molar-refractivity contribution is 0.477. The molecular weight excluding hydrogens is 264 g/mol. The number of benzene rings is 1. The Balaban J connectivity index is 3.03. The largest absolute Gasteiger partial charge is 0.506 e. The highest BCUT2D eigenvalue weighted by atomic mass is 35.5. The van der Waals surface area contributed by atoms with Crippen molar-refractivity contribution in [3.8, 4) is 11.8 Å². The van der Waals surface area contributed by atoms with E-state index < -0.39 is 15.3 Å². The Morgan fingerprint density at radius 3 is 2.71 bits per heavy atom. The number of nitriles is 1. The predicted octanol–water partition coefficient (Wildman–Crippen LogP) is 2.09. The molecular formula is C10H11ClN2O3S. The van der Waals surface area contributed by atoms with Crippen LogP contribution in [0.2, 0.25) is 5.02 Å². The Labute approximate surface area is 105 Å². The molecule has 0 saturated carbocycles. The molecule has 0 radical (unpaired) electrons. The van der Waals surface area contributed by atoms with E-state index >= 15 is 0 Å². The van der Waals surface area contributed by atoms with Crippen molar-refractivity contribution in [3.05, 3.63) is 23.2 Å². The van der Waals surface area contributed by atoms with Gasteiger partial charge >= 0.3 is 0 Å². The Morgan fingerprint density at radius 1 is 1.59 bits per heavy atom. The number of nitrogens with zero attached hydrogens (tertiary/aromatic N) is 1. The average molecular weight is 275 g/mol. The van der Waals surface area contributed by atoms with Gasteiger partial charge in [-0.1, -0.05) is 18.5 Å². The van der Waals surface area contributed by atoms with Crippen LogP contribution in [0.4, 0.5) is 5.69 Å². The Kier molecular flexibility index (Phi) is 4.21. The molecule has 0 aromatic heterocycles. The molecule has 7 heteroatoms. The normalized spacial score (nSPS) is 12.8. The van der Waals surface area contributed by atoms with Gasteiger partial charge in [-0.15, -0.1) is 0 Å². The number of hydrogen-bond donors (Lipinski definition) is 2. The van der Waals surface area contributed by atoms with E-state index in [1.807, 2.05) is 0 Å². The summed E-state index contributed by atoms with van der Waals surface area (Å²) in [6.07, 6.45) is 0.167. The van der Waals surface area contributed by atoms with Crippen LogP contribution in [0, 0.1) is 11.3 Å². The Hall–Kier alpha value is -1.45. The van der Waals surface area contributed by atoms with Gasteiger partial charge in [-0.3, -0.25) is 4.72 Å². The Morgan fingerprint density at radius 2 is 2.24 bits per heavy atom. The molecule has 17 heavy (non-hydrogen) atoms. The van der Waals surface area contributed by atoms with E-state index in [0.29, 0.717) is 0 Å². The van der Waals surface area contributed by atoms with Gasteiger partial charge in [0.25, 0.3) is 0 Å². The minimum absolute atomic E-state index is 0.00287. The number of phenolic OH excluding ortho intramolecular Hbond substituents is 1. The van der Waals surface area contributed by atoms with Gasteiger partial charge in [-0.2, -0.15) is 5.26 Å². The molecule has 0 fully saturated rings. The van der Waals surface area contributed by atoms with Crippen molar-refractivity contribution >= 4 is 27.3 Å². The first kappa shape index (κ1) is 13.6. The lowest BCUT2D eigenvalue weighted by Crippen LogP contribution is -2.25. The van der Waals surface area contributed by atoms with Gasteiger partial charge < -0.3 is 5.11 Å². The maximum atomic E-state index is 11.7. The lowest BCUT2D eigenvalue weighted by Gasteiger charge is -2.12. The second kappa shape index (κ2) is 5.25. The van der Waals surface area contributed by atoms with E-state index in [0.717, 1.165) is 0 Å². The Bertz CT molecular complexity index is 551. The number of anilines is 1. The first-order valence-corrected chi connectivity index (χ1v) is 6.73. The van der Waals surface area contributed by atoms with Crippen LogP contribution < -0.4 is 4.72 Å². The molecule has 0 aliphatic heterocycles. The minimum Gasteiger partial charge on any atom is -0.506 e. The monoisotopic (exact) mass is 274 g/mol. The van der Waals surface area contributed by atoms with Crippen LogP contribution in [-0.4, -0.2) is 18.8 Å².